The molecule has 0 bridgehead atoms. The largest absolute Gasteiger partial charge is 0.478 e. The van der Waals surface area contributed by atoms with Gasteiger partial charge in [-0.1, -0.05) is 0 Å². The average Bonchev–Trinajstić information content (AvgIpc) is 3.22. The van der Waals surface area contributed by atoms with Crippen LogP contribution in [0.4, 0.5) is 0 Å². The summed E-state index contributed by atoms with van der Waals surface area (Å²) in [6, 6.07) is 2.46. The van der Waals surface area contributed by atoms with E-state index in [-0.39, 0.29) is 29.7 Å². The van der Waals surface area contributed by atoms with Crippen molar-refractivity contribution >= 4 is 31.9 Å². The van der Waals surface area contributed by atoms with Crippen molar-refractivity contribution in [1.29, 1.82) is 0 Å². The minimum absolute atomic E-state index is 0.00971. The van der Waals surface area contributed by atoms with Gasteiger partial charge in [-0.15, -0.1) is 0 Å². The molecule has 0 aliphatic heterocycles. The van der Waals surface area contributed by atoms with Crippen LogP contribution in [0.5, 0.6) is 0 Å². The molecule has 116 valence electrons. The number of aliphatic hydroxyl groups is 1. The van der Waals surface area contributed by atoms with Crippen molar-refractivity contribution in [2.24, 2.45) is 0 Å². The van der Waals surface area contributed by atoms with Gasteiger partial charge in [-0.25, -0.2) is 13.2 Å². The Kier molecular flexibility index (Phi) is 4.72. The third kappa shape index (κ3) is 3.28. The van der Waals surface area contributed by atoms with Crippen molar-refractivity contribution in [3.8, 4) is 0 Å². The monoisotopic (exact) mass is 377 g/mol. The summed E-state index contributed by atoms with van der Waals surface area (Å²) in [5.74, 6) is -1.18. The highest BCUT2D eigenvalue weighted by molar-refractivity contribution is 9.10. The number of benzene rings is 1. The molecule has 1 aliphatic carbocycles. The van der Waals surface area contributed by atoms with Gasteiger partial charge in [0.2, 0.25) is 10.0 Å². The van der Waals surface area contributed by atoms with E-state index in [0.717, 1.165) is 18.9 Å². The summed E-state index contributed by atoms with van der Waals surface area (Å²) in [6.45, 7) is 1.38. The number of halogens is 1. The lowest BCUT2D eigenvalue weighted by Crippen LogP contribution is -2.35. The van der Waals surface area contributed by atoms with Crippen molar-refractivity contribution < 1.29 is 23.4 Å². The van der Waals surface area contributed by atoms with E-state index in [4.69, 9.17) is 10.2 Å². The molecule has 0 atom stereocenters. The van der Waals surface area contributed by atoms with E-state index in [1.54, 1.807) is 6.92 Å². The fourth-order valence-corrected chi connectivity index (χ4v) is 4.82. The Balaban J connectivity index is 2.55. The number of hydrogen-bond acceptors (Lipinski definition) is 4. The lowest BCUT2D eigenvalue weighted by Gasteiger charge is -2.22. The number of hydrogen-bond donors (Lipinski definition) is 2. The van der Waals surface area contributed by atoms with Gasteiger partial charge in [0, 0.05) is 17.1 Å². The molecular formula is C13H16BrNO5S. The maximum atomic E-state index is 12.7. The van der Waals surface area contributed by atoms with Crippen LogP contribution in [0.3, 0.4) is 0 Å². The Morgan fingerprint density at radius 3 is 2.52 bits per heavy atom. The third-order valence-corrected chi connectivity index (χ3v) is 6.62. The SMILES string of the molecule is Cc1cc(C(=O)O)cc(S(=O)(=O)N(CCO)C2CC2)c1Br. The Bertz CT molecular complexity index is 669. The maximum absolute atomic E-state index is 12.7. The summed E-state index contributed by atoms with van der Waals surface area (Å²) in [5, 5.41) is 18.2. The van der Waals surface area contributed by atoms with Gasteiger partial charge in [-0.05, 0) is 53.4 Å². The average molecular weight is 378 g/mol. The Hall–Kier alpha value is -0.960. The number of aromatic carboxylic acids is 1. The summed E-state index contributed by atoms with van der Waals surface area (Å²) in [7, 11) is -3.85. The van der Waals surface area contributed by atoms with Gasteiger partial charge in [0.15, 0.2) is 0 Å². The summed E-state index contributed by atoms with van der Waals surface area (Å²) < 4.78 is 27.1. The highest BCUT2D eigenvalue weighted by Crippen LogP contribution is 2.35. The van der Waals surface area contributed by atoms with Crippen molar-refractivity contribution in [2.45, 2.75) is 30.7 Å². The van der Waals surface area contributed by atoms with Gasteiger partial charge >= 0.3 is 5.97 Å². The first-order valence-electron chi connectivity index (χ1n) is 6.45. The minimum Gasteiger partial charge on any atom is -0.478 e. The topological polar surface area (TPSA) is 94.9 Å². The molecule has 0 unspecified atom stereocenters. The zero-order valence-electron chi connectivity index (χ0n) is 11.4. The van der Waals surface area contributed by atoms with Crippen LogP contribution in [0.2, 0.25) is 0 Å². The predicted octanol–water partition coefficient (Wildman–Crippen LogP) is 1.60. The van der Waals surface area contributed by atoms with E-state index in [1.165, 1.54) is 10.4 Å². The molecule has 2 rings (SSSR count). The molecule has 1 aromatic rings. The summed E-state index contributed by atoms with van der Waals surface area (Å²) >= 11 is 3.23. The molecule has 0 spiro atoms. The smallest absolute Gasteiger partial charge is 0.335 e. The molecule has 0 heterocycles. The van der Waals surface area contributed by atoms with Crippen LogP contribution in [0.1, 0.15) is 28.8 Å². The van der Waals surface area contributed by atoms with Crippen molar-refractivity contribution in [3.63, 3.8) is 0 Å². The summed E-state index contributed by atoms with van der Waals surface area (Å²) in [5.41, 5.74) is 0.460. The van der Waals surface area contributed by atoms with E-state index < -0.39 is 16.0 Å². The fraction of sp³-hybridized carbons (Fsp3) is 0.462. The normalized spacial score (nSPS) is 15.4. The lowest BCUT2D eigenvalue weighted by atomic mass is 10.1. The van der Waals surface area contributed by atoms with E-state index >= 15 is 0 Å². The molecule has 1 aliphatic rings. The van der Waals surface area contributed by atoms with Gasteiger partial charge < -0.3 is 10.2 Å². The highest BCUT2D eigenvalue weighted by atomic mass is 79.9. The molecule has 6 nitrogen and oxygen atoms in total. The number of carboxylic acid groups (broad SMARTS) is 1. The molecule has 0 radical (unpaired) electrons. The van der Waals surface area contributed by atoms with Gasteiger partial charge in [-0.2, -0.15) is 4.31 Å². The predicted molar refractivity (Wildman–Crippen MR) is 79.8 cm³/mol. The first-order chi connectivity index (χ1) is 9.78. The number of sulfonamides is 1. The zero-order chi connectivity index (χ0) is 15.8. The Morgan fingerprint density at radius 1 is 1.43 bits per heavy atom. The molecular weight excluding hydrogens is 362 g/mol. The number of aliphatic hydroxyl groups excluding tert-OH is 1. The second-order valence-corrected chi connectivity index (χ2v) is 7.63. The number of aryl methyl sites for hydroxylation is 1. The Morgan fingerprint density at radius 2 is 2.05 bits per heavy atom. The summed E-state index contributed by atoms with van der Waals surface area (Å²) in [6.07, 6.45) is 1.52. The lowest BCUT2D eigenvalue weighted by molar-refractivity contribution is 0.0696. The first kappa shape index (κ1) is 16.4. The maximum Gasteiger partial charge on any atom is 0.335 e. The molecule has 2 N–H and O–H groups in total. The van der Waals surface area contributed by atoms with Gasteiger partial charge in [0.25, 0.3) is 0 Å². The zero-order valence-corrected chi connectivity index (χ0v) is 13.8. The van der Waals surface area contributed by atoms with Crippen LogP contribution in [-0.2, 0) is 10.0 Å². The number of carboxylic acids is 1. The van der Waals surface area contributed by atoms with Crippen LogP contribution in [-0.4, -0.2) is 48.1 Å². The molecule has 1 saturated carbocycles. The van der Waals surface area contributed by atoms with Gasteiger partial charge in [0.05, 0.1) is 17.1 Å². The van der Waals surface area contributed by atoms with Crippen LogP contribution >= 0.6 is 15.9 Å². The van der Waals surface area contributed by atoms with E-state index in [0.29, 0.717) is 10.0 Å². The molecule has 8 heteroatoms. The number of carbonyl (C=O) groups is 1. The van der Waals surface area contributed by atoms with Crippen LogP contribution in [0.15, 0.2) is 21.5 Å². The molecule has 0 aromatic heterocycles. The molecule has 21 heavy (non-hydrogen) atoms. The van der Waals surface area contributed by atoms with Crippen LogP contribution in [0, 0.1) is 6.92 Å². The second kappa shape index (κ2) is 6.04. The van der Waals surface area contributed by atoms with Crippen molar-refractivity contribution in [1.82, 2.24) is 4.31 Å². The third-order valence-electron chi connectivity index (χ3n) is 3.33. The van der Waals surface area contributed by atoms with Crippen LogP contribution < -0.4 is 0 Å². The highest BCUT2D eigenvalue weighted by Gasteiger charge is 2.38. The van der Waals surface area contributed by atoms with E-state index in [9.17, 15) is 13.2 Å². The van der Waals surface area contributed by atoms with Crippen LogP contribution in [0.25, 0.3) is 0 Å². The number of nitrogens with zero attached hydrogens (tertiary/aromatic N) is 1. The van der Waals surface area contributed by atoms with Crippen molar-refractivity contribution in [2.75, 3.05) is 13.2 Å². The molecule has 0 amide bonds. The van der Waals surface area contributed by atoms with E-state index in [2.05, 4.69) is 15.9 Å². The standard InChI is InChI=1S/C13H16BrNO5S/c1-8-6-9(13(17)18)7-11(12(8)14)21(19,20)15(4-5-16)10-2-3-10/h6-7,10,16H,2-5H2,1H3,(H,17,18). The second-order valence-electron chi connectivity index (χ2n) is 4.98. The van der Waals surface area contributed by atoms with Gasteiger partial charge in [-0.3, -0.25) is 0 Å². The number of rotatable bonds is 6. The quantitative estimate of drug-likeness (QED) is 0.784. The molecule has 0 saturated heterocycles. The Labute approximate surface area is 131 Å². The minimum atomic E-state index is -3.85. The molecule has 1 fully saturated rings. The first-order valence-corrected chi connectivity index (χ1v) is 8.68. The summed E-state index contributed by atoms with van der Waals surface area (Å²) in [4.78, 5) is 11.1. The van der Waals surface area contributed by atoms with Crippen molar-refractivity contribution in [3.05, 3.63) is 27.7 Å². The van der Waals surface area contributed by atoms with Gasteiger partial charge in [0.1, 0.15) is 0 Å². The van der Waals surface area contributed by atoms with E-state index in [1.807, 2.05) is 0 Å². The fourth-order valence-electron chi connectivity index (χ4n) is 2.13. The molecule has 1 aromatic carbocycles.